The van der Waals surface area contributed by atoms with Crippen molar-refractivity contribution in [3.05, 3.63) is 63.1 Å². The molecule has 4 nitrogen and oxygen atoms in total. The highest BCUT2D eigenvalue weighted by Gasteiger charge is 2.14. The third kappa shape index (κ3) is 3.67. The molecule has 2 rings (SSSR count). The molecule has 1 amide bonds. The Morgan fingerprint density at radius 2 is 1.86 bits per heavy atom. The second kappa shape index (κ2) is 6.80. The summed E-state index contributed by atoms with van der Waals surface area (Å²) in [7, 11) is 0. The molecule has 0 aliphatic heterocycles. The minimum atomic E-state index is -0.468. The normalized spacial score (nSPS) is 10.3. The Kier molecular flexibility index (Phi) is 5.07. The Bertz CT molecular complexity index is 651. The van der Waals surface area contributed by atoms with E-state index in [1.54, 1.807) is 0 Å². The molecule has 0 aliphatic rings. The molecule has 2 aromatic carbocycles. The molecule has 110 valence electrons. The van der Waals surface area contributed by atoms with Gasteiger partial charge in [0, 0.05) is 5.56 Å². The summed E-state index contributed by atoms with van der Waals surface area (Å²) in [6.45, 7) is 2.34. The number of nitrogens with one attached hydrogen (secondary N) is 1. The summed E-state index contributed by atoms with van der Waals surface area (Å²) < 4.78 is 5.68. The average molecular weight is 325 g/mol. The number of carbonyl (C=O) groups excluding carboxylic acids is 1. The van der Waals surface area contributed by atoms with Crippen LogP contribution in [0.3, 0.4) is 0 Å². The van der Waals surface area contributed by atoms with Crippen LogP contribution in [-0.2, 0) is 6.61 Å². The highest BCUT2D eigenvalue weighted by Crippen LogP contribution is 2.34. The van der Waals surface area contributed by atoms with Crippen LogP contribution in [0.25, 0.3) is 0 Å². The number of hydrogen-bond donors (Lipinski definition) is 2. The van der Waals surface area contributed by atoms with E-state index in [-0.39, 0.29) is 15.6 Å². The van der Waals surface area contributed by atoms with Gasteiger partial charge in [0.2, 0.25) is 0 Å². The van der Waals surface area contributed by atoms with E-state index in [2.05, 4.69) is 0 Å². The summed E-state index contributed by atoms with van der Waals surface area (Å²) in [6.07, 6.45) is 0. The number of amides is 1. The zero-order valence-electron chi connectivity index (χ0n) is 11.3. The summed E-state index contributed by atoms with van der Waals surface area (Å²) in [5.41, 5.74) is 4.45. The van der Waals surface area contributed by atoms with Crippen molar-refractivity contribution in [1.29, 1.82) is 0 Å². The van der Waals surface area contributed by atoms with Crippen LogP contribution < -0.4 is 16.0 Å². The van der Waals surface area contributed by atoms with Crippen molar-refractivity contribution in [3.63, 3.8) is 0 Å². The van der Waals surface area contributed by atoms with Gasteiger partial charge in [-0.15, -0.1) is 0 Å². The summed E-state index contributed by atoms with van der Waals surface area (Å²) in [5, 5.41) is 0.518. The van der Waals surface area contributed by atoms with E-state index in [9.17, 15) is 4.79 Å². The fraction of sp³-hybridized carbons (Fsp3) is 0.133. The van der Waals surface area contributed by atoms with Crippen molar-refractivity contribution in [3.8, 4) is 5.75 Å². The fourth-order valence-electron chi connectivity index (χ4n) is 1.83. The Balaban J connectivity index is 2.21. The van der Waals surface area contributed by atoms with E-state index >= 15 is 0 Å². The first-order valence-electron chi connectivity index (χ1n) is 6.20. The Morgan fingerprint density at radius 3 is 2.43 bits per heavy atom. The Labute approximate surface area is 132 Å². The van der Waals surface area contributed by atoms with Crippen LogP contribution in [0, 0.1) is 6.92 Å². The molecule has 0 atom stereocenters. The predicted molar refractivity (Wildman–Crippen MR) is 83.6 cm³/mol. The SMILES string of the molecule is Cc1ccccc1COc1c(Cl)cc(C(=O)NN)cc1Cl. The van der Waals surface area contributed by atoms with Crippen molar-refractivity contribution >= 4 is 29.1 Å². The largest absolute Gasteiger partial charge is 0.486 e. The van der Waals surface area contributed by atoms with Gasteiger partial charge >= 0.3 is 0 Å². The maximum atomic E-state index is 11.5. The molecule has 0 heterocycles. The first-order valence-corrected chi connectivity index (χ1v) is 6.96. The van der Waals surface area contributed by atoms with Crippen molar-refractivity contribution in [2.45, 2.75) is 13.5 Å². The van der Waals surface area contributed by atoms with Gasteiger partial charge in [-0.2, -0.15) is 0 Å². The monoisotopic (exact) mass is 324 g/mol. The van der Waals surface area contributed by atoms with E-state index in [0.29, 0.717) is 12.4 Å². The number of hydrogen-bond acceptors (Lipinski definition) is 3. The zero-order chi connectivity index (χ0) is 15.4. The lowest BCUT2D eigenvalue weighted by Gasteiger charge is -2.12. The van der Waals surface area contributed by atoms with Gasteiger partial charge in [-0.3, -0.25) is 10.2 Å². The van der Waals surface area contributed by atoms with Crippen molar-refractivity contribution < 1.29 is 9.53 Å². The van der Waals surface area contributed by atoms with Crippen molar-refractivity contribution in [1.82, 2.24) is 5.43 Å². The number of halogens is 2. The van der Waals surface area contributed by atoms with Gasteiger partial charge in [0.05, 0.1) is 10.0 Å². The molecule has 0 bridgehead atoms. The number of nitrogens with two attached hydrogens (primary N) is 1. The zero-order valence-corrected chi connectivity index (χ0v) is 12.8. The smallest absolute Gasteiger partial charge is 0.265 e. The van der Waals surface area contributed by atoms with Crippen LogP contribution in [0.2, 0.25) is 10.0 Å². The second-order valence-corrected chi connectivity index (χ2v) is 5.27. The van der Waals surface area contributed by atoms with Gasteiger partial charge in [-0.1, -0.05) is 47.5 Å². The highest BCUT2D eigenvalue weighted by molar-refractivity contribution is 6.37. The molecule has 0 aromatic heterocycles. The third-order valence-corrected chi connectivity index (χ3v) is 3.59. The fourth-order valence-corrected chi connectivity index (χ4v) is 2.43. The molecule has 0 saturated carbocycles. The number of rotatable bonds is 4. The maximum Gasteiger partial charge on any atom is 0.265 e. The lowest BCUT2D eigenvalue weighted by molar-refractivity contribution is 0.0953. The van der Waals surface area contributed by atoms with Gasteiger partial charge in [0.15, 0.2) is 5.75 Å². The Morgan fingerprint density at radius 1 is 1.24 bits per heavy atom. The van der Waals surface area contributed by atoms with E-state index in [4.69, 9.17) is 33.8 Å². The molecule has 0 radical (unpaired) electrons. The lowest BCUT2D eigenvalue weighted by Crippen LogP contribution is -2.29. The molecule has 6 heteroatoms. The van der Waals surface area contributed by atoms with Crippen LogP contribution in [0.5, 0.6) is 5.75 Å². The molecular formula is C15H14Cl2N2O2. The minimum Gasteiger partial charge on any atom is -0.486 e. The molecule has 21 heavy (non-hydrogen) atoms. The van der Waals surface area contributed by atoms with Gasteiger partial charge in [-0.25, -0.2) is 5.84 Å². The van der Waals surface area contributed by atoms with Gasteiger partial charge in [-0.05, 0) is 30.2 Å². The van der Waals surface area contributed by atoms with E-state index in [0.717, 1.165) is 11.1 Å². The topological polar surface area (TPSA) is 64.3 Å². The van der Waals surface area contributed by atoms with E-state index in [1.165, 1.54) is 12.1 Å². The number of carbonyl (C=O) groups is 1. The van der Waals surface area contributed by atoms with Crippen molar-refractivity contribution in [2.75, 3.05) is 0 Å². The van der Waals surface area contributed by atoms with Crippen molar-refractivity contribution in [2.24, 2.45) is 5.84 Å². The van der Waals surface area contributed by atoms with Crippen LogP contribution in [0.1, 0.15) is 21.5 Å². The lowest BCUT2D eigenvalue weighted by atomic mass is 10.1. The number of ether oxygens (including phenoxy) is 1. The van der Waals surface area contributed by atoms with Crippen LogP contribution >= 0.6 is 23.2 Å². The molecule has 0 saturated heterocycles. The van der Waals surface area contributed by atoms with E-state index < -0.39 is 5.91 Å². The first kappa shape index (κ1) is 15.6. The summed E-state index contributed by atoms with van der Waals surface area (Å²) in [6, 6.07) is 10.8. The van der Waals surface area contributed by atoms with Crippen LogP contribution in [0.4, 0.5) is 0 Å². The number of benzene rings is 2. The summed E-state index contributed by atoms with van der Waals surface area (Å²) >= 11 is 12.2. The Hall–Kier alpha value is -1.75. The van der Waals surface area contributed by atoms with Crippen LogP contribution in [-0.4, -0.2) is 5.91 Å². The van der Waals surface area contributed by atoms with E-state index in [1.807, 2.05) is 36.6 Å². The molecular weight excluding hydrogens is 311 g/mol. The van der Waals surface area contributed by atoms with Gasteiger partial charge in [0.25, 0.3) is 5.91 Å². The molecule has 0 unspecified atom stereocenters. The highest BCUT2D eigenvalue weighted by atomic mass is 35.5. The van der Waals surface area contributed by atoms with Gasteiger partial charge in [0.1, 0.15) is 6.61 Å². The van der Waals surface area contributed by atoms with Crippen LogP contribution in [0.15, 0.2) is 36.4 Å². The molecule has 0 aliphatic carbocycles. The molecule has 0 fully saturated rings. The first-order chi connectivity index (χ1) is 10.0. The summed E-state index contributed by atoms with van der Waals surface area (Å²) in [4.78, 5) is 11.5. The standard InChI is InChI=1S/C15H14Cl2N2O2/c1-9-4-2-3-5-10(9)8-21-14-12(16)6-11(7-13(14)17)15(20)19-18/h2-7H,8,18H2,1H3,(H,19,20). The molecule has 0 spiro atoms. The second-order valence-electron chi connectivity index (χ2n) is 4.46. The molecule has 3 N–H and O–H groups in total. The number of hydrazine groups is 1. The predicted octanol–water partition coefficient (Wildman–Crippen LogP) is 3.48. The third-order valence-electron chi connectivity index (χ3n) is 3.02. The van der Waals surface area contributed by atoms with Gasteiger partial charge < -0.3 is 4.74 Å². The quantitative estimate of drug-likeness (QED) is 0.514. The summed E-state index contributed by atoms with van der Waals surface area (Å²) in [5.74, 6) is 4.95. The number of aryl methyl sites for hydroxylation is 1. The minimum absolute atomic E-state index is 0.259. The molecule has 2 aromatic rings. The average Bonchev–Trinajstić information content (AvgIpc) is 2.47. The maximum absolute atomic E-state index is 11.5. The number of nitrogen functional groups attached to an aromatic ring is 1.